The molecule has 0 aliphatic carbocycles. The highest BCUT2D eigenvalue weighted by Gasteiger charge is 2.23. The summed E-state index contributed by atoms with van der Waals surface area (Å²) < 4.78 is 2.99. The van der Waals surface area contributed by atoms with Crippen molar-refractivity contribution in [1.29, 1.82) is 0 Å². The smallest absolute Gasteiger partial charge is 0.251 e. The minimum Gasteiger partial charge on any atom is -0.618 e. The molecule has 0 radical (unpaired) electrons. The molecule has 0 spiro atoms. The number of pyridine rings is 1. The summed E-state index contributed by atoms with van der Waals surface area (Å²) in [5.41, 5.74) is 3.74. The summed E-state index contributed by atoms with van der Waals surface area (Å²) in [4.78, 5) is 13.3. The first-order valence-corrected chi connectivity index (χ1v) is 10.2. The van der Waals surface area contributed by atoms with Crippen molar-refractivity contribution in [3.05, 3.63) is 89.8 Å². The number of benzene rings is 2. The van der Waals surface area contributed by atoms with Gasteiger partial charge in [-0.2, -0.15) is 4.73 Å². The largest absolute Gasteiger partial charge is 0.618 e. The molecule has 5 heteroatoms. The second-order valence-electron chi connectivity index (χ2n) is 6.43. The normalized spacial score (nSPS) is 11.0. The molecule has 4 aromatic rings. The molecule has 140 valence electrons. The number of fused-ring (bicyclic) bond motifs is 1. The van der Waals surface area contributed by atoms with Gasteiger partial charge in [-0.1, -0.05) is 48.5 Å². The van der Waals surface area contributed by atoms with Crippen molar-refractivity contribution in [1.82, 2.24) is 4.57 Å². The lowest BCUT2D eigenvalue weighted by Crippen LogP contribution is -2.28. The van der Waals surface area contributed by atoms with Crippen molar-refractivity contribution < 1.29 is 9.52 Å². The third-order valence-electron chi connectivity index (χ3n) is 4.75. The van der Waals surface area contributed by atoms with Crippen LogP contribution in [-0.2, 0) is 6.54 Å². The van der Waals surface area contributed by atoms with Gasteiger partial charge in [0.2, 0.25) is 0 Å². The molecule has 0 aliphatic heterocycles. The van der Waals surface area contributed by atoms with Crippen LogP contribution < -0.4 is 4.73 Å². The van der Waals surface area contributed by atoms with Crippen molar-refractivity contribution in [2.75, 3.05) is 5.75 Å². The maximum absolute atomic E-state index is 13.3. The number of carbonyl (C=O) groups excluding carboxylic acids is 1. The summed E-state index contributed by atoms with van der Waals surface area (Å²) in [6.07, 6.45) is 1.45. The Morgan fingerprint density at radius 3 is 2.46 bits per heavy atom. The molecule has 0 aliphatic rings. The Labute approximate surface area is 168 Å². The molecule has 4 nitrogen and oxygen atoms in total. The Hall–Kier alpha value is -3.05. The van der Waals surface area contributed by atoms with Gasteiger partial charge in [0.1, 0.15) is 0 Å². The van der Waals surface area contributed by atoms with Crippen molar-refractivity contribution in [3.63, 3.8) is 0 Å². The number of rotatable bonds is 6. The van der Waals surface area contributed by atoms with E-state index in [9.17, 15) is 10.0 Å². The number of para-hydroxylation sites is 1. The number of aryl methyl sites for hydroxylation is 1. The van der Waals surface area contributed by atoms with Gasteiger partial charge in [-0.25, -0.2) is 0 Å². The fourth-order valence-electron chi connectivity index (χ4n) is 3.55. The van der Waals surface area contributed by atoms with Crippen LogP contribution >= 0.6 is 11.8 Å². The van der Waals surface area contributed by atoms with Crippen LogP contribution in [0.15, 0.2) is 84.0 Å². The summed E-state index contributed by atoms with van der Waals surface area (Å²) >= 11 is 1.27. The molecule has 0 amide bonds. The van der Waals surface area contributed by atoms with E-state index in [-0.39, 0.29) is 11.5 Å². The Morgan fingerprint density at radius 2 is 1.71 bits per heavy atom. The second-order valence-corrected chi connectivity index (χ2v) is 7.42. The molecule has 0 N–H and O–H groups in total. The van der Waals surface area contributed by atoms with Crippen LogP contribution in [-0.4, -0.2) is 16.1 Å². The van der Waals surface area contributed by atoms with Crippen LogP contribution in [0.2, 0.25) is 0 Å². The number of nitrogens with zero attached hydrogens (tertiary/aromatic N) is 2. The molecule has 0 bridgehead atoms. The van der Waals surface area contributed by atoms with Crippen LogP contribution in [0, 0.1) is 5.21 Å². The number of carbonyl (C=O) groups is 1. The summed E-state index contributed by atoms with van der Waals surface area (Å²) in [6, 6.07) is 23.3. The van der Waals surface area contributed by atoms with E-state index in [0.717, 1.165) is 39.0 Å². The van der Waals surface area contributed by atoms with Crippen molar-refractivity contribution >= 4 is 28.4 Å². The maximum Gasteiger partial charge on any atom is 0.251 e. The van der Waals surface area contributed by atoms with Gasteiger partial charge in [-0.3, -0.25) is 4.79 Å². The minimum absolute atomic E-state index is 0.0242. The van der Waals surface area contributed by atoms with E-state index in [0.29, 0.717) is 5.03 Å². The van der Waals surface area contributed by atoms with Gasteiger partial charge in [-0.15, -0.1) is 0 Å². The van der Waals surface area contributed by atoms with Crippen LogP contribution in [0.1, 0.15) is 17.3 Å². The van der Waals surface area contributed by atoms with Gasteiger partial charge in [0.05, 0.1) is 17.0 Å². The Balaban J connectivity index is 1.81. The summed E-state index contributed by atoms with van der Waals surface area (Å²) in [5, 5.41) is 13.4. The van der Waals surface area contributed by atoms with E-state index < -0.39 is 0 Å². The van der Waals surface area contributed by atoms with Crippen LogP contribution in [0.3, 0.4) is 0 Å². The number of aromatic nitrogens is 2. The van der Waals surface area contributed by atoms with E-state index in [4.69, 9.17) is 0 Å². The molecule has 0 fully saturated rings. The summed E-state index contributed by atoms with van der Waals surface area (Å²) in [7, 11) is 0. The summed E-state index contributed by atoms with van der Waals surface area (Å²) in [5.74, 6) is 0.236. The lowest BCUT2D eigenvalue weighted by atomic mass is 10.0. The molecular formula is C23H20N2O2S. The number of hydrogen-bond acceptors (Lipinski definition) is 3. The highest BCUT2D eigenvalue weighted by molar-refractivity contribution is 7.99. The summed E-state index contributed by atoms with van der Waals surface area (Å²) in [6.45, 7) is 2.86. The highest BCUT2D eigenvalue weighted by Crippen LogP contribution is 2.35. The van der Waals surface area contributed by atoms with E-state index in [2.05, 4.69) is 17.6 Å². The average Bonchev–Trinajstić information content (AvgIpc) is 3.08. The molecule has 0 saturated heterocycles. The molecule has 0 atom stereocenters. The van der Waals surface area contributed by atoms with Crippen LogP contribution in [0.4, 0.5) is 0 Å². The van der Waals surface area contributed by atoms with E-state index in [1.165, 1.54) is 18.0 Å². The van der Waals surface area contributed by atoms with Crippen molar-refractivity contribution in [3.8, 4) is 11.3 Å². The Morgan fingerprint density at radius 1 is 1.00 bits per heavy atom. The first-order chi connectivity index (χ1) is 13.7. The SMILES string of the molecule is CCn1c(-c2ccccc2)c(C(=O)CSc2cccc[n+]2[O-])c2ccccc21. The third-order valence-corrected chi connectivity index (χ3v) is 5.77. The number of Topliss-reactive ketones (excluding diaryl/α,β-unsaturated/α-hetero) is 1. The third kappa shape index (κ3) is 3.29. The minimum atomic E-state index is 0.0242. The Bertz CT molecular complexity index is 1140. The van der Waals surface area contributed by atoms with Gasteiger partial charge in [-0.05, 0) is 36.4 Å². The first kappa shape index (κ1) is 18.3. The predicted octanol–water partition coefficient (Wildman–Crippen LogP) is 4.94. The quantitative estimate of drug-likeness (QED) is 0.203. The van der Waals surface area contributed by atoms with Crippen molar-refractivity contribution in [2.45, 2.75) is 18.5 Å². The molecule has 2 aromatic carbocycles. The van der Waals surface area contributed by atoms with Crippen LogP contribution in [0.25, 0.3) is 22.2 Å². The molecule has 28 heavy (non-hydrogen) atoms. The average molecular weight is 388 g/mol. The highest BCUT2D eigenvalue weighted by atomic mass is 32.2. The van der Waals surface area contributed by atoms with E-state index >= 15 is 0 Å². The lowest BCUT2D eigenvalue weighted by molar-refractivity contribution is -0.645. The molecular weight excluding hydrogens is 368 g/mol. The van der Waals surface area contributed by atoms with E-state index in [1.54, 1.807) is 18.2 Å². The fraction of sp³-hybridized carbons (Fsp3) is 0.130. The predicted molar refractivity (Wildman–Crippen MR) is 114 cm³/mol. The Kier molecular flexibility index (Phi) is 5.17. The zero-order chi connectivity index (χ0) is 19.5. The standard InChI is InChI=1S/C23H20N2O2S/c1-2-24-19-13-7-6-12-18(19)22(23(24)17-10-4-3-5-11-17)20(26)16-28-21-14-8-9-15-25(21)27/h3-15H,2,16H2,1H3. The zero-order valence-corrected chi connectivity index (χ0v) is 16.4. The molecule has 2 aromatic heterocycles. The number of ketones is 1. The van der Waals surface area contributed by atoms with Gasteiger partial charge < -0.3 is 9.77 Å². The monoisotopic (exact) mass is 388 g/mol. The molecule has 0 unspecified atom stereocenters. The maximum atomic E-state index is 13.3. The number of hydrogen-bond donors (Lipinski definition) is 0. The van der Waals surface area contributed by atoms with Gasteiger partial charge in [0.25, 0.3) is 5.03 Å². The van der Waals surface area contributed by atoms with E-state index in [1.807, 2.05) is 48.5 Å². The molecule has 4 rings (SSSR count). The topological polar surface area (TPSA) is 48.9 Å². The molecule has 2 heterocycles. The second kappa shape index (κ2) is 7.90. The number of thioether (sulfide) groups is 1. The lowest BCUT2D eigenvalue weighted by Gasteiger charge is -2.10. The van der Waals surface area contributed by atoms with Gasteiger partial charge in [0, 0.05) is 29.6 Å². The van der Waals surface area contributed by atoms with Gasteiger partial charge in [0.15, 0.2) is 12.0 Å². The molecule has 0 saturated carbocycles. The fourth-order valence-corrected chi connectivity index (χ4v) is 4.33. The van der Waals surface area contributed by atoms with Crippen LogP contribution in [0.5, 0.6) is 0 Å². The zero-order valence-electron chi connectivity index (χ0n) is 15.5. The van der Waals surface area contributed by atoms with Gasteiger partial charge >= 0.3 is 0 Å². The first-order valence-electron chi connectivity index (χ1n) is 9.21. The van der Waals surface area contributed by atoms with Crippen molar-refractivity contribution in [2.24, 2.45) is 0 Å².